The van der Waals surface area contributed by atoms with Crippen LogP contribution < -0.4 is 11.1 Å². The molecule has 4 heteroatoms. The molecule has 110 valence electrons. The number of benzene rings is 2. The monoisotopic (exact) mass is 302 g/mol. The van der Waals surface area contributed by atoms with E-state index in [1.165, 1.54) is 5.56 Å². The highest BCUT2D eigenvalue weighted by molar-refractivity contribution is 6.34. The van der Waals surface area contributed by atoms with E-state index in [0.717, 1.165) is 6.42 Å². The molecule has 0 aliphatic carbocycles. The van der Waals surface area contributed by atoms with Gasteiger partial charge < -0.3 is 11.1 Å². The number of nitrogen functional groups attached to an aromatic ring is 1. The minimum atomic E-state index is -0.166. The summed E-state index contributed by atoms with van der Waals surface area (Å²) in [6, 6.07) is 15.2. The molecule has 0 fully saturated rings. The first-order valence-corrected chi connectivity index (χ1v) is 7.34. The molecule has 0 saturated heterocycles. The van der Waals surface area contributed by atoms with E-state index < -0.39 is 0 Å². The van der Waals surface area contributed by atoms with Crippen LogP contribution in [0, 0.1) is 0 Å². The van der Waals surface area contributed by atoms with Gasteiger partial charge in [0.25, 0.3) is 5.91 Å². The Morgan fingerprint density at radius 2 is 1.95 bits per heavy atom. The van der Waals surface area contributed by atoms with Crippen LogP contribution in [0.15, 0.2) is 48.5 Å². The van der Waals surface area contributed by atoms with Crippen molar-refractivity contribution in [3.8, 4) is 0 Å². The Morgan fingerprint density at radius 3 is 2.62 bits per heavy atom. The van der Waals surface area contributed by atoms with Crippen molar-refractivity contribution in [2.45, 2.75) is 19.3 Å². The Hall–Kier alpha value is -2.00. The minimum Gasteiger partial charge on any atom is -0.399 e. The summed E-state index contributed by atoms with van der Waals surface area (Å²) >= 11 is 6.02. The van der Waals surface area contributed by atoms with Crippen molar-refractivity contribution >= 4 is 23.2 Å². The molecule has 0 saturated carbocycles. The number of hydrogen-bond donors (Lipinski definition) is 2. The molecule has 0 bridgehead atoms. The molecule has 0 aliphatic heterocycles. The lowest BCUT2D eigenvalue weighted by Gasteiger charge is -2.13. The van der Waals surface area contributed by atoms with E-state index in [1.54, 1.807) is 18.2 Å². The molecule has 21 heavy (non-hydrogen) atoms. The Kier molecular flexibility index (Phi) is 5.23. The van der Waals surface area contributed by atoms with Gasteiger partial charge in [0.2, 0.25) is 0 Å². The van der Waals surface area contributed by atoms with Gasteiger partial charge in [0.1, 0.15) is 0 Å². The highest BCUT2D eigenvalue weighted by Gasteiger charge is 2.11. The summed E-state index contributed by atoms with van der Waals surface area (Å²) in [5.74, 6) is 0.230. The van der Waals surface area contributed by atoms with Gasteiger partial charge in [0.15, 0.2) is 0 Å². The molecule has 0 spiro atoms. The lowest BCUT2D eigenvalue weighted by atomic mass is 9.98. The SMILES string of the molecule is CC(CCNC(=O)c1ccc(N)cc1Cl)c1ccccc1. The fourth-order valence-corrected chi connectivity index (χ4v) is 2.44. The summed E-state index contributed by atoms with van der Waals surface area (Å²) in [4.78, 5) is 12.1. The van der Waals surface area contributed by atoms with Gasteiger partial charge in [-0.2, -0.15) is 0 Å². The topological polar surface area (TPSA) is 55.1 Å². The molecular weight excluding hydrogens is 284 g/mol. The summed E-state index contributed by atoms with van der Waals surface area (Å²) in [7, 11) is 0. The average Bonchev–Trinajstić information content (AvgIpc) is 2.47. The zero-order valence-corrected chi connectivity index (χ0v) is 12.7. The molecule has 0 aliphatic rings. The van der Waals surface area contributed by atoms with E-state index in [2.05, 4.69) is 24.4 Å². The average molecular weight is 303 g/mol. The molecule has 1 atom stereocenters. The first-order chi connectivity index (χ1) is 10.1. The van der Waals surface area contributed by atoms with E-state index >= 15 is 0 Å². The maximum atomic E-state index is 12.1. The fraction of sp³-hybridized carbons (Fsp3) is 0.235. The number of rotatable bonds is 5. The smallest absolute Gasteiger partial charge is 0.252 e. The summed E-state index contributed by atoms with van der Waals surface area (Å²) in [5.41, 5.74) is 7.90. The number of carbonyl (C=O) groups is 1. The predicted octanol–water partition coefficient (Wildman–Crippen LogP) is 3.85. The number of amides is 1. The highest BCUT2D eigenvalue weighted by Crippen LogP contribution is 2.20. The van der Waals surface area contributed by atoms with Crippen LogP contribution in [0.25, 0.3) is 0 Å². The second-order valence-corrected chi connectivity index (χ2v) is 5.50. The number of nitrogens with two attached hydrogens (primary N) is 1. The van der Waals surface area contributed by atoms with Crippen LogP contribution in [-0.4, -0.2) is 12.5 Å². The highest BCUT2D eigenvalue weighted by atomic mass is 35.5. The van der Waals surface area contributed by atoms with Crippen molar-refractivity contribution in [1.29, 1.82) is 0 Å². The van der Waals surface area contributed by atoms with E-state index in [4.69, 9.17) is 17.3 Å². The number of nitrogens with one attached hydrogen (secondary N) is 1. The number of carbonyl (C=O) groups excluding carboxylic acids is 1. The predicted molar refractivity (Wildman–Crippen MR) is 87.7 cm³/mol. The molecule has 0 heterocycles. The standard InChI is InChI=1S/C17H19ClN2O/c1-12(13-5-3-2-4-6-13)9-10-20-17(21)15-8-7-14(19)11-16(15)18/h2-8,11-12H,9-10,19H2,1H3,(H,20,21). The van der Waals surface area contributed by atoms with Gasteiger partial charge in [-0.1, -0.05) is 48.9 Å². The molecule has 2 rings (SSSR count). The lowest BCUT2D eigenvalue weighted by molar-refractivity contribution is 0.0953. The van der Waals surface area contributed by atoms with E-state index in [1.807, 2.05) is 18.2 Å². The van der Waals surface area contributed by atoms with Gasteiger partial charge in [0.05, 0.1) is 10.6 Å². The molecule has 0 radical (unpaired) electrons. The molecule has 3 N–H and O–H groups in total. The van der Waals surface area contributed by atoms with Crippen molar-refractivity contribution in [2.75, 3.05) is 12.3 Å². The van der Waals surface area contributed by atoms with Crippen LogP contribution in [-0.2, 0) is 0 Å². The zero-order valence-electron chi connectivity index (χ0n) is 12.0. The molecule has 1 unspecified atom stereocenters. The fourth-order valence-electron chi connectivity index (χ4n) is 2.16. The van der Waals surface area contributed by atoms with Crippen LogP contribution in [0.2, 0.25) is 5.02 Å². The summed E-state index contributed by atoms with van der Waals surface area (Å²) in [6.07, 6.45) is 0.877. The second-order valence-electron chi connectivity index (χ2n) is 5.10. The Labute approximate surface area is 130 Å². The third-order valence-electron chi connectivity index (χ3n) is 3.47. The molecule has 0 aromatic heterocycles. The van der Waals surface area contributed by atoms with Crippen LogP contribution in [0.1, 0.15) is 35.2 Å². The number of hydrogen-bond acceptors (Lipinski definition) is 2. The van der Waals surface area contributed by atoms with E-state index in [9.17, 15) is 4.79 Å². The van der Waals surface area contributed by atoms with Gasteiger partial charge in [0, 0.05) is 12.2 Å². The Bertz CT molecular complexity index is 613. The number of anilines is 1. The maximum absolute atomic E-state index is 12.1. The van der Waals surface area contributed by atoms with Crippen LogP contribution in [0.3, 0.4) is 0 Å². The van der Waals surface area contributed by atoms with Crippen molar-refractivity contribution in [3.05, 3.63) is 64.7 Å². The van der Waals surface area contributed by atoms with Crippen molar-refractivity contribution in [3.63, 3.8) is 0 Å². The van der Waals surface area contributed by atoms with E-state index in [-0.39, 0.29) is 5.91 Å². The Morgan fingerprint density at radius 1 is 1.24 bits per heavy atom. The third-order valence-corrected chi connectivity index (χ3v) is 3.78. The minimum absolute atomic E-state index is 0.166. The lowest BCUT2D eigenvalue weighted by Crippen LogP contribution is -2.25. The second kappa shape index (κ2) is 7.14. The van der Waals surface area contributed by atoms with Crippen LogP contribution in [0.4, 0.5) is 5.69 Å². The van der Waals surface area contributed by atoms with Gasteiger partial charge in [-0.15, -0.1) is 0 Å². The van der Waals surface area contributed by atoms with Gasteiger partial charge in [-0.05, 0) is 36.1 Å². The molecule has 2 aromatic carbocycles. The molecule has 1 amide bonds. The third kappa shape index (κ3) is 4.23. The Balaban J connectivity index is 1.87. The van der Waals surface area contributed by atoms with Crippen LogP contribution in [0.5, 0.6) is 0 Å². The molecule has 2 aromatic rings. The van der Waals surface area contributed by atoms with Gasteiger partial charge >= 0.3 is 0 Å². The van der Waals surface area contributed by atoms with Gasteiger partial charge in [-0.25, -0.2) is 0 Å². The summed E-state index contributed by atoms with van der Waals surface area (Å²) in [5, 5.41) is 3.27. The quantitative estimate of drug-likeness (QED) is 0.824. The van der Waals surface area contributed by atoms with Crippen molar-refractivity contribution in [2.24, 2.45) is 0 Å². The largest absolute Gasteiger partial charge is 0.399 e. The summed E-state index contributed by atoms with van der Waals surface area (Å²) in [6.45, 7) is 2.76. The maximum Gasteiger partial charge on any atom is 0.252 e. The molecule has 3 nitrogen and oxygen atoms in total. The van der Waals surface area contributed by atoms with Crippen LogP contribution >= 0.6 is 11.6 Å². The van der Waals surface area contributed by atoms with Gasteiger partial charge in [-0.3, -0.25) is 4.79 Å². The molecular formula is C17H19ClN2O. The van der Waals surface area contributed by atoms with Crippen molar-refractivity contribution in [1.82, 2.24) is 5.32 Å². The normalized spacial score (nSPS) is 11.9. The first kappa shape index (κ1) is 15.4. The van der Waals surface area contributed by atoms with E-state index in [0.29, 0.717) is 28.7 Å². The summed E-state index contributed by atoms with van der Waals surface area (Å²) < 4.78 is 0. The first-order valence-electron chi connectivity index (χ1n) is 6.96. The zero-order chi connectivity index (χ0) is 15.2. The van der Waals surface area contributed by atoms with Crippen molar-refractivity contribution < 1.29 is 4.79 Å². The number of halogens is 1.